The third kappa shape index (κ3) is 5.70. The average molecular weight is 448 g/mol. The van der Waals surface area contributed by atoms with Crippen LogP contribution in [0.15, 0.2) is 24.3 Å². The Morgan fingerprint density at radius 1 is 0.667 bits per heavy atom. The minimum absolute atomic E-state index is 0.520. The van der Waals surface area contributed by atoms with Crippen molar-refractivity contribution in [2.45, 2.75) is 119 Å². The van der Waals surface area contributed by atoms with Crippen molar-refractivity contribution in [2.75, 3.05) is 4.90 Å². The molecule has 2 unspecified atom stereocenters. The van der Waals surface area contributed by atoms with Crippen LogP contribution in [0.1, 0.15) is 98.6 Å². The van der Waals surface area contributed by atoms with E-state index in [9.17, 15) is 0 Å². The van der Waals surface area contributed by atoms with Crippen molar-refractivity contribution in [2.24, 2.45) is 0 Å². The highest BCUT2D eigenvalue weighted by molar-refractivity contribution is 5.83. The molecule has 2 aromatic rings. The Kier molecular flexibility index (Phi) is 8.79. The predicted molar refractivity (Wildman–Crippen MR) is 146 cm³/mol. The molecular weight excluding hydrogens is 400 g/mol. The number of nitrogens with zero attached hydrogens (tertiary/aromatic N) is 2. The van der Waals surface area contributed by atoms with E-state index in [-0.39, 0.29) is 0 Å². The van der Waals surface area contributed by atoms with Crippen LogP contribution in [-0.2, 0) is 0 Å². The summed E-state index contributed by atoms with van der Waals surface area (Å²) in [6.45, 7) is 18.2. The normalized spacial score (nSPS) is 18.2. The lowest BCUT2D eigenvalue weighted by atomic mass is 9.93. The maximum absolute atomic E-state index is 2.66. The van der Waals surface area contributed by atoms with Gasteiger partial charge in [-0.1, -0.05) is 74.9 Å². The molecule has 0 aromatic heterocycles. The van der Waals surface area contributed by atoms with E-state index in [2.05, 4.69) is 95.5 Å². The largest absolute Gasteiger partial charge is 0.245 e. The van der Waals surface area contributed by atoms with Crippen molar-refractivity contribution in [3.63, 3.8) is 0 Å². The van der Waals surface area contributed by atoms with Crippen LogP contribution in [0, 0.1) is 41.5 Å². The van der Waals surface area contributed by atoms with E-state index in [4.69, 9.17) is 0 Å². The minimum Gasteiger partial charge on any atom is -0.226 e. The molecule has 180 valence electrons. The van der Waals surface area contributed by atoms with E-state index in [0.717, 1.165) is 0 Å². The quantitative estimate of drug-likeness (QED) is 0.261. The van der Waals surface area contributed by atoms with Crippen LogP contribution in [0.25, 0.3) is 0 Å². The lowest BCUT2D eigenvalue weighted by Gasteiger charge is -2.26. The van der Waals surface area contributed by atoms with Crippen molar-refractivity contribution in [3.05, 3.63) is 57.6 Å². The van der Waals surface area contributed by atoms with Gasteiger partial charge < -0.3 is 0 Å². The van der Waals surface area contributed by atoms with Gasteiger partial charge in [0.05, 0.1) is 0 Å². The first-order valence-corrected chi connectivity index (χ1v) is 13.4. The molecule has 2 atom stereocenters. The van der Waals surface area contributed by atoms with Crippen LogP contribution in [0.3, 0.4) is 0 Å². The van der Waals surface area contributed by atoms with Crippen LogP contribution in [0.5, 0.6) is 0 Å². The molecule has 0 saturated heterocycles. The van der Waals surface area contributed by atoms with Gasteiger partial charge in [0.1, 0.15) is 23.5 Å². The fourth-order valence-electron chi connectivity index (χ4n) is 6.14. The second-order valence-corrected chi connectivity index (χ2v) is 10.6. The fraction of sp³-hybridized carbons (Fsp3) is 0.581. The van der Waals surface area contributed by atoms with Gasteiger partial charge in [-0.15, -0.1) is 0 Å². The number of rotatable bonds is 10. The molecule has 2 heteroatoms. The van der Waals surface area contributed by atoms with Gasteiger partial charge in [-0.25, -0.2) is 9.48 Å². The summed E-state index contributed by atoms with van der Waals surface area (Å²) in [4.78, 5) is 2.66. The molecule has 33 heavy (non-hydrogen) atoms. The molecule has 0 radical (unpaired) electrons. The SMILES string of the molecule is CCCCCCC1C(CCCC)[N+](c2c(C)cc(C)cc2C)=CN1c1c(C)cc(C)cc1C. The molecule has 1 aliphatic rings. The highest BCUT2D eigenvalue weighted by Gasteiger charge is 2.44. The molecule has 0 spiro atoms. The highest BCUT2D eigenvalue weighted by atomic mass is 15.3. The standard InChI is InChI=1S/C31H47N2/c1-9-11-13-14-16-29-28(15-12-10-2)32(30-24(5)17-22(3)18-25(30)6)21-33(29)31-26(7)19-23(4)20-27(31)8/h17-21,28-29H,9-16H2,1-8H3/q+1. The van der Waals surface area contributed by atoms with E-state index in [1.54, 1.807) is 0 Å². The Balaban J connectivity index is 2.13. The summed E-state index contributed by atoms with van der Waals surface area (Å²) < 4.78 is 2.66. The van der Waals surface area contributed by atoms with Gasteiger partial charge >= 0.3 is 0 Å². The summed E-state index contributed by atoms with van der Waals surface area (Å²) in [6, 6.07) is 10.5. The first kappa shape index (κ1) is 25.5. The Morgan fingerprint density at radius 3 is 1.76 bits per heavy atom. The zero-order valence-corrected chi connectivity index (χ0v) is 22.6. The Labute approximate surface area is 203 Å². The molecule has 0 amide bonds. The molecule has 0 N–H and O–H groups in total. The first-order valence-electron chi connectivity index (χ1n) is 13.4. The lowest BCUT2D eigenvalue weighted by Crippen LogP contribution is -2.39. The third-order valence-corrected chi connectivity index (χ3v) is 7.40. The smallest absolute Gasteiger partial charge is 0.226 e. The molecule has 3 rings (SSSR count). The molecule has 0 fully saturated rings. The number of hydrogen-bond donors (Lipinski definition) is 0. The van der Waals surface area contributed by atoms with Crippen LogP contribution in [0.4, 0.5) is 11.4 Å². The minimum atomic E-state index is 0.520. The second-order valence-electron chi connectivity index (χ2n) is 10.6. The van der Waals surface area contributed by atoms with Crippen molar-refractivity contribution in [1.82, 2.24) is 0 Å². The molecule has 1 aliphatic heterocycles. The number of anilines is 1. The van der Waals surface area contributed by atoms with E-state index in [1.165, 1.54) is 96.1 Å². The molecule has 0 bridgehead atoms. The van der Waals surface area contributed by atoms with E-state index in [0.29, 0.717) is 12.1 Å². The van der Waals surface area contributed by atoms with Crippen molar-refractivity contribution >= 4 is 17.7 Å². The first-order chi connectivity index (χ1) is 15.8. The average Bonchev–Trinajstić information content (AvgIpc) is 3.05. The lowest BCUT2D eigenvalue weighted by molar-refractivity contribution is -0.476. The highest BCUT2D eigenvalue weighted by Crippen LogP contribution is 2.38. The third-order valence-electron chi connectivity index (χ3n) is 7.40. The maximum atomic E-state index is 2.66. The van der Waals surface area contributed by atoms with Gasteiger partial charge in [-0.3, -0.25) is 0 Å². The van der Waals surface area contributed by atoms with Gasteiger partial charge in [-0.05, 0) is 89.5 Å². The number of aryl methyl sites for hydroxylation is 6. The fourth-order valence-corrected chi connectivity index (χ4v) is 6.14. The van der Waals surface area contributed by atoms with Gasteiger partial charge in [0.15, 0.2) is 0 Å². The summed E-state index contributed by atoms with van der Waals surface area (Å²) in [5.74, 6) is 0. The van der Waals surface area contributed by atoms with E-state index >= 15 is 0 Å². The molecule has 2 aromatic carbocycles. The van der Waals surface area contributed by atoms with E-state index < -0.39 is 0 Å². The second kappa shape index (κ2) is 11.4. The number of unbranched alkanes of at least 4 members (excludes halogenated alkanes) is 4. The monoisotopic (exact) mass is 447 g/mol. The van der Waals surface area contributed by atoms with E-state index in [1.807, 2.05) is 0 Å². The Hall–Kier alpha value is -2.09. The van der Waals surface area contributed by atoms with Crippen LogP contribution in [-0.4, -0.2) is 23.0 Å². The van der Waals surface area contributed by atoms with Crippen molar-refractivity contribution < 1.29 is 4.58 Å². The van der Waals surface area contributed by atoms with Gasteiger partial charge in [-0.2, -0.15) is 0 Å². The molecule has 0 aliphatic carbocycles. The molecule has 1 heterocycles. The Bertz CT molecular complexity index is 938. The van der Waals surface area contributed by atoms with Crippen LogP contribution in [0.2, 0.25) is 0 Å². The summed E-state index contributed by atoms with van der Waals surface area (Å²) in [7, 11) is 0. The van der Waals surface area contributed by atoms with Crippen molar-refractivity contribution in [1.29, 1.82) is 0 Å². The molecule has 0 saturated carbocycles. The van der Waals surface area contributed by atoms with Gasteiger partial charge in [0.25, 0.3) is 0 Å². The summed E-state index contributed by atoms with van der Waals surface area (Å²) >= 11 is 0. The zero-order chi connectivity index (χ0) is 24.1. The molecular formula is C31H47N2+. The summed E-state index contributed by atoms with van der Waals surface area (Å²) in [6.07, 6.45) is 12.8. The van der Waals surface area contributed by atoms with Gasteiger partial charge in [0, 0.05) is 0 Å². The summed E-state index contributed by atoms with van der Waals surface area (Å²) in [5, 5.41) is 0. The predicted octanol–water partition coefficient (Wildman–Crippen LogP) is 8.63. The van der Waals surface area contributed by atoms with Crippen LogP contribution >= 0.6 is 0 Å². The molecule has 2 nitrogen and oxygen atoms in total. The van der Waals surface area contributed by atoms with Crippen molar-refractivity contribution in [3.8, 4) is 0 Å². The number of hydrogen-bond acceptors (Lipinski definition) is 1. The number of benzene rings is 2. The maximum Gasteiger partial charge on any atom is 0.245 e. The topological polar surface area (TPSA) is 6.25 Å². The zero-order valence-electron chi connectivity index (χ0n) is 22.6. The van der Waals surface area contributed by atoms with Crippen LogP contribution < -0.4 is 4.90 Å². The Morgan fingerprint density at radius 2 is 1.21 bits per heavy atom. The van der Waals surface area contributed by atoms with Gasteiger partial charge in [0.2, 0.25) is 6.34 Å². The summed E-state index contributed by atoms with van der Waals surface area (Å²) in [5.41, 5.74) is 11.2.